The van der Waals surface area contributed by atoms with E-state index in [9.17, 15) is 14.0 Å². The Hall–Kier alpha value is -3.54. The normalized spacial score (nSPS) is 11.6. The average molecular weight is 392 g/mol. The largest absolute Gasteiger partial charge is 0.449 e. The van der Waals surface area contributed by atoms with Gasteiger partial charge in [-0.25, -0.2) is 9.18 Å². The smallest absolute Gasteiger partial charge is 0.340 e. The van der Waals surface area contributed by atoms with E-state index in [-0.39, 0.29) is 12.4 Å². The fourth-order valence-electron chi connectivity index (χ4n) is 2.76. The Balaban J connectivity index is 1.60. The van der Waals surface area contributed by atoms with Gasteiger partial charge >= 0.3 is 5.97 Å². The van der Waals surface area contributed by atoms with Crippen LogP contribution in [0.25, 0.3) is 11.3 Å². The summed E-state index contributed by atoms with van der Waals surface area (Å²) in [7, 11) is 0. The molecule has 1 N–H and O–H groups in total. The van der Waals surface area contributed by atoms with Gasteiger partial charge in [-0.1, -0.05) is 42.5 Å². The number of benzene rings is 2. The number of amides is 1. The van der Waals surface area contributed by atoms with E-state index >= 15 is 0 Å². The van der Waals surface area contributed by atoms with Gasteiger partial charge in [0.1, 0.15) is 5.82 Å². The van der Waals surface area contributed by atoms with Crippen LogP contribution in [0.4, 0.5) is 4.39 Å². The first-order valence-corrected chi connectivity index (χ1v) is 9.20. The minimum Gasteiger partial charge on any atom is -0.449 e. The van der Waals surface area contributed by atoms with Crippen molar-refractivity contribution in [1.29, 1.82) is 0 Å². The van der Waals surface area contributed by atoms with Crippen molar-refractivity contribution in [1.82, 2.24) is 10.3 Å². The minimum atomic E-state index is -0.976. The lowest BCUT2D eigenvalue weighted by Crippen LogP contribution is -2.35. The fraction of sp³-hybridized carbons (Fsp3) is 0.174. The van der Waals surface area contributed by atoms with Gasteiger partial charge in [-0.2, -0.15) is 0 Å². The van der Waals surface area contributed by atoms with Crippen LogP contribution in [0.3, 0.4) is 0 Å². The number of nitrogens with zero attached hydrogens (tertiary/aromatic N) is 1. The lowest BCUT2D eigenvalue weighted by Gasteiger charge is -2.14. The van der Waals surface area contributed by atoms with Gasteiger partial charge in [0.2, 0.25) is 0 Å². The third-order valence-corrected chi connectivity index (χ3v) is 4.41. The van der Waals surface area contributed by atoms with Gasteiger partial charge in [-0.05, 0) is 43.7 Å². The molecule has 1 heterocycles. The molecule has 3 aromatic rings. The van der Waals surface area contributed by atoms with E-state index in [4.69, 9.17) is 4.74 Å². The predicted octanol–water partition coefficient (Wildman–Crippen LogP) is 4.06. The van der Waals surface area contributed by atoms with Gasteiger partial charge in [0.25, 0.3) is 5.91 Å². The third-order valence-electron chi connectivity index (χ3n) is 4.41. The highest BCUT2D eigenvalue weighted by atomic mass is 19.1. The molecule has 1 atom stereocenters. The summed E-state index contributed by atoms with van der Waals surface area (Å²) in [6.07, 6.45) is -0.976. The van der Waals surface area contributed by atoms with Crippen molar-refractivity contribution < 1.29 is 18.7 Å². The Labute approximate surface area is 168 Å². The van der Waals surface area contributed by atoms with Crippen molar-refractivity contribution >= 4 is 11.9 Å². The first-order valence-electron chi connectivity index (χ1n) is 9.20. The highest BCUT2D eigenvalue weighted by molar-refractivity contribution is 5.93. The molecule has 0 aliphatic carbocycles. The summed E-state index contributed by atoms with van der Waals surface area (Å²) in [6.45, 7) is 3.44. The number of rotatable bonds is 6. The molecular formula is C23H21FN2O3. The van der Waals surface area contributed by atoms with E-state index in [1.165, 1.54) is 19.1 Å². The maximum absolute atomic E-state index is 12.9. The molecule has 0 bridgehead atoms. The highest BCUT2D eigenvalue weighted by Gasteiger charge is 2.20. The quantitative estimate of drug-likeness (QED) is 0.643. The van der Waals surface area contributed by atoms with Gasteiger partial charge in [-0.3, -0.25) is 9.78 Å². The number of carbonyl (C=O) groups excluding carboxylic acids is 2. The van der Waals surface area contributed by atoms with Crippen LogP contribution in [0.5, 0.6) is 0 Å². The standard InChI is InChI=1S/C23H21FN2O3/c1-15-20(12-13-21(26-15)18-6-4-3-5-7-18)23(28)29-16(2)22(27)25-14-17-8-10-19(24)11-9-17/h3-13,16H,14H2,1-2H3,(H,25,27). The monoisotopic (exact) mass is 392 g/mol. The first kappa shape index (κ1) is 20.2. The number of hydrogen-bond donors (Lipinski definition) is 1. The van der Waals surface area contributed by atoms with Crippen molar-refractivity contribution in [2.75, 3.05) is 0 Å². The third kappa shape index (κ3) is 5.25. The van der Waals surface area contributed by atoms with Gasteiger partial charge in [0, 0.05) is 12.1 Å². The molecule has 0 radical (unpaired) electrons. The predicted molar refractivity (Wildman–Crippen MR) is 108 cm³/mol. The molecule has 148 valence electrons. The van der Waals surface area contributed by atoms with E-state index in [0.717, 1.165) is 16.8 Å². The second-order valence-corrected chi connectivity index (χ2v) is 6.59. The molecule has 6 heteroatoms. The molecule has 2 aromatic carbocycles. The van der Waals surface area contributed by atoms with Crippen molar-refractivity contribution in [3.8, 4) is 11.3 Å². The van der Waals surface area contributed by atoms with Crippen LogP contribution in [0.1, 0.15) is 28.5 Å². The van der Waals surface area contributed by atoms with E-state index < -0.39 is 18.0 Å². The van der Waals surface area contributed by atoms with Gasteiger partial charge < -0.3 is 10.1 Å². The van der Waals surface area contributed by atoms with Crippen LogP contribution in [0, 0.1) is 12.7 Å². The van der Waals surface area contributed by atoms with Crippen molar-refractivity contribution in [3.63, 3.8) is 0 Å². The number of ether oxygens (including phenoxy) is 1. The van der Waals surface area contributed by atoms with E-state index in [1.54, 1.807) is 31.2 Å². The van der Waals surface area contributed by atoms with Crippen LogP contribution < -0.4 is 5.32 Å². The molecule has 0 saturated carbocycles. The molecule has 0 fully saturated rings. The fourth-order valence-corrected chi connectivity index (χ4v) is 2.76. The minimum absolute atomic E-state index is 0.216. The van der Waals surface area contributed by atoms with Gasteiger partial charge in [-0.15, -0.1) is 0 Å². The Morgan fingerprint density at radius 2 is 1.72 bits per heavy atom. The zero-order valence-corrected chi connectivity index (χ0v) is 16.2. The molecule has 0 saturated heterocycles. The second-order valence-electron chi connectivity index (χ2n) is 6.59. The van der Waals surface area contributed by atoms with Gasteiger partial charge in [0.15, 0.2) is 6.10 Å². The number of aromatic nitrogens is 1. The number of aryl methyl sites for hydroxylation is 1. The maximum Gasteiger partial charge on any atom is 0.340 e. The van der Waals surface area contributed by atoms with E-state index in [2.05, 4.69) is 10.3 Å². The summed E-state index contributed by atoms with van der Waals surface area (Å²) < 4.78 is 18.2. The Morgan fingerprint density at radius 1 is 1.03 bits per heavy atom. The zero-order chi connectivity index (χ0) is 20.8. The van der Waals surface area contributed by atoms with Crippen LogP contribution in [-0.2, 0) is 16.1 Å². The van der Waals surface area contributed by atoms with Crippen LogP contribution in [0.2, 0.25) is 0 Å². The lowest BCUT2D eigenvalue weighted by atomic mass is 10.1. The van der Waals surface area contributed by atoms with Crippen LogP contribution in [0.15, 0.2) is 66.7 Å². The van der Waals surface area contributed by atoms with Crippen LogP contribution in [-0.4, -0.2) is 23.0 Å². The molecule has 0 aliphatic rings. The van der Waals surface area contributed by atoms with Crippen molar-refractivity contribution in [2.24, 2.45) is 0 Å². The number of hydrogen-bond acceptors (Lipinski definition) is 4. The Morgan fingerprint density at radius 3 is 2.38 bits per heavy atom. The molecule has 1 amide bonds. The van der Waals surface area contributed by atoms with Crippen molar-refractivity contribution in [3.05, 3.63) is 89.4 Å². The summed E-state index contributed by atoms with van der Waals surface area (Å²) in [5.41, 5.74) is 3.28. The molecule has 3 rings (SSSR count). The first-order chi connectivity index (χ1) is 13.9. The number of pyridine rings is 1. The number of halogens is 1. The summed E-state index contributed by atoms with van der Waals surface area (Å²) >= 11 is 0. The molecule has 1 aromatic heterocycles. The number of carbonyl (C=O) groups is 2. The molecular weight excluding hydrogens is 371 g/mol. The van der Waals surface area contributed by atoms with Crippen molar-refractivity contribution in [2.45, 2.75) is 26.5 Å². The van der Waals surface area contributed by atoms with Gasteiger partial charge in [0.05, 0.1) is 17.0 Å². The Bertz CT molecular complexity index is 1000. The zero-order valence-electron chi connectivity index (χ0n) is 16.2. The second kappa shape index (κ2) is 9.10. The number of nitrogens with one attached hydrogen (secondary N) is 1. The molecule has 5 nitrogen and oxygen atoms in total. The lowest BCUT2D eigenvalue weighted by molar-refractivity contribution is -0.129. The maximum atomic E-state index is 12.9. The highest BCUT2D eigenvalue weighted by Crippen LogP contribution is 2.19. The molecule has 1 unspecified atom stereocenters. The number of esters is 1. The topological polar surface area (TPSA) is 68.3 Å². The molecule has 0 aliphatic heterocycles. The summed E-state index contributed by atoms with van der Waals surface area (Å²) in [5.74, 6) is -1.39. The molecule has 29 heavy (non-hydrogen) atoms. The average Bonchev–Trinajstić information content (AvgIpc) is 2.73. The van der Waals surface area contributed by atoms with Crippen LogP contribution >= 0.6 is 0 Å². The summed E-state index contributed by atoms with van der Waals surface area (Å²) in [4.78, 5) is 29.1. The van der Waals surface area contributed by atoms with E-state index in [0.29, 0.717) is 11.3 Å². The Kier molecular flexibility index (Phi) is 6.34. The SMILES string of the molecule is Cc1nc(-c2ccccc2)ccc1C(=O)OC(C)C(=O)NCc1ccc(F)cc1. The summed E-state index contributed by atoms with van der Waals surface area (Å²) in [5, 5.41) is 2.67. The summed E-state index contributed by atoms with van der Waals surface area (Å²) in [6, 6.07) is 18.8. The van der Waals surface area contributed by atoms with E-state index in [1.807, 2.05) is 30.3 Å². The molecule has 0 spiro atoms.